The number of rotatable bonds is 6. The molecule has 98 valence electrons. The van der Waals surface area contributed by atoms with E-state index in [2.05, 4.69) is 11.9 Å². The van der Waals surface area contributed by atoms with Crippen molar-refractivity contribution >= 4 is 11.7 Å². The monoisotopic (exact) mass is 248 g/mol. The van der Waals surface area contributed by atoms with Crippen LogP contribution < -0.4 is 10.1 Å². The second-order valence-corrected chi connectivity index (χ2v) is 3.73. The van der Waals surface area contributed by atoms with Gasteiger partial charge in [0.1, 0.15) is 12.4 Å². The number of anilines is 1. The van der Waals surface area contributed by atoms with Gasteiger partial charge in [-0.05, 0) is 26.0 Å². The summed E-state index contributed by atoms with van der Waals surface area (Å²) in [5.41, 5.74) is 0.730. The molecule has 0 aliphatic carbocycles. The average Bonchev–Trinajstić information content (AvgIpc) is 2.38. The van der Waals surface area contributed by atoms with E-state index in [1.54, 1.807) is 17.0 Å². The van der Waals surface area contributed by atoms with E-state index in [0.717, 1.165) is 5.69 Å². The lowest BCUT2D eigenvalue weighted by molar-refractivity contribution is 0.217. The molecule has 0 radical (unpaired) electrons. The Morgan fingerprint density at radius 1 is 1.44 bits per heavy atom. The maximum absolute atomic E-state index is 11.9. The van der Waals surface area contributed by atoms with Crippen molar-refractivity contribution in [2.75, 3.05) is 25.0 Å². The maximum atomic E-state index is 11.9. The number of hydrogen-bond donors (Lipinski definition) is 1. The lowest BCUT2D eigenvalue weighted by atomic mass is 10.3. The first-order chi connectivity index (χ1) is 8.71. The Balaban J connectivity index is 2.66. The third kappa shape index (κ3) is 4.13. The highest BCUT2D eigenvalue weighted by Gasteiger charge is 2.09. The highest BCUT2D eigenvalue weighted by molar-refractivity contribution is 5.89. The van der Waals surface area contributed by atoms with Crippen LogP contribution in [0, 0.1) is 0 Å². The van der Waals surface area contributed by atoms with Gasteiger partial charge < -0.3 is 15.0 Å². The molecule has 0 unspecified atom stereocenters. The summed E-state index contributed by atoms with van der Waals surface area (Å²) in [4.78, 5) is 13.6. The lowest BCUT2D eigenvalue weighted by Gasteiger charge is -2.19. The van der Waals surface area contributed by atoms with Crippen LogP contribution in [-0.4, -0.2) is 30.6 Å². The fourth-order valence-electron chi connectivity index (χ4n) is 1.53. The Bertz CT molecular complexity index is 401. The van der Waals surface area contributed by atoms with E-state index in [1.165, 1.54) is 0 Å². The van der Waals surface area contributed by atoms with E-state index in [0.29, 0.717) is 25.4 Å². The van der Waals surface area contributed by atoms with Crippen LogP contribution in [-0.2, 0) is 0 Å². The summed E-state index contributed by atoms with van der Waals surface area (Å²) in [6.07, 6.45) is 1.68. The molecule has 1 rings (SSSR count). The Morgan fingerprint density at radius 3 is 2.78 bits per heavy atom. The summed E-state index contributed by atoms with van der Waals surface area (Å²) in [5.74, 6) is 0.715. The standard InChI is InChI=1S/C14H20N2O2/c1-4-10-18-13-9-7-8-12(11-13)15-14(17)16(5-2)6-3/h4,7-9,11H,1,5-6,10H2,2-3H3,(H,15,17). The number of benzene rings is 1. The van der Waals surface area contributed by atoms with Crippen molar-refractivity contribution in [2.45, 2.75) is 13.8 Å². The van der Waals surface area contributed by atoms with E-state index < -0.39 is 0 Å². The van der Waals surface area contributed by atoms with Gasteiger partial charge in [-0.2, -0.15) is 0 Å². The zero-order valence-corrected chi connectivity index (χ0v) is 11.0. The third-order valence-corrected chi connectivity index (χ3v) is 2.50. The fourth-order valence-corrected chi connectivity index (χ4v) is 1.53. The van der Waals surface area contributed by atoms with Gasteiger partial charge in [0.25, 0.3) is 0 Å². The molecule has 0 aliphatic rings. The van der Waals surface area contributed by atoms with Crippen molar-refractivity contribution in [2.24, 2.45) is 0 Å². The molecule has 0 aliphatic heterocycles. The largest absolute Gasteiger partial charge is 0.489 e. The first-order valence-corrected chi connectivity index (χ1v) is 6.11. The summed E-state index contributed by atoms with van der Waals surface area (Å²) in [6.45, 7) is 9.32. The molecular formula is C14H20N2O2. The van der Waals surface area contributed by atoms with Crippen molar-refractivity contribution < 1.29 is 9.53 Å². The molecule has 0 saturated carbocycles. The van der Waals surface area contributed by atoms with Crippen molar-refractivity contribution in [3.05, 3.63) is 36.9 Å². The molecule has 1 aromatic rings. The summed E-state index contributed by atoms with van der Waals surface area (Å²) in [6, 6.07) is 7.22. The fraction of sp³-hybridized carbons (Fsp3) is 0.357. The number of ether oxygens (including phenoxy) is 1. The van der Waals surface area contributed by atoms with Crippen LogP contribution in [0.3, 0.4) is 0 Å². The van der Waals surface area contributed by atoms with Crippen LogP contribution in [0.5, 0.6) is 5.75 Å². The third-order valence-electron chi connectivity index (χ3n) is 2.50. The number of amides is 2. The number of urea groups is 1. The van der Waals surface area contributed by atoms with Crippen LogP contribution in [0.1, 0.15) is 13.8 Å². The molecule has 0 saturated heterocycles. The Labute approximate surface area is 108 Å². The van der Waals surface area contributed by atoms with Gasteiger partial charge in [0.15, 0.2) is 0 Å². The normalized spacial score (nSPS) is 9.67. The lowest BCUT2D eigenvalue weighted by Crippen LogP contribution is -2.34. The highest BCUT2D eigenvalue weighted by Crippen LogP contribution is 2.17. The molecular weight excluding hydrogens is 228 g/mol. The van der Waals surface area contributed by atoms with Gasteiger partial charge in [0.05, 0.1) is 0 Å². The summed E-state index contributed by atoms with van der Waals surface area (Å²) in [7, 11) is 0. The first kappa shape index (κ1) is 14.1. The van der Waals surface area contributed by atoms with E-state index in [9.17, 15) is 4.79 Å². The molecule has 2 amide bonds. The molecule has 4 nitrogen and oxygen atoms in total. The highest BCUT2D eigenvalue weighted by atomic mass is 16.5. The number of hydrogen-bond acceptors (Lipinski definition) is 2. The van der Waals surface area contributed by atoms with E-state index in [-0.39, 0.29) is 6.03 Å². The van der Waals surface area contributed by atoms with Gasteiger partial charge in [-0.15, -0.1) is 0 Å². The number of carbonyl (C=O) groups is 1. The molecule has 0 heterocycles. The van der Waals surface area contributed by atoms with Gasteiger partial charge in [-0.1, -0.05) is 18.7 Å². The first-order valence-electron chi connectivity index (χ1n) is 6.11. The maximum Gasteiger partial charge on any atom is 0.321 e. The quantitative estimate of drug-likeness (QED) is 0.786. The Morgan fingerprint density at radius 2 is 2.17 bits per heavy atom. The SMILES string of the molecule is C=CCOc1cccc(NC(=O)N(CC)CC)c1. The Hall–Kier alpha value is -1.97. The minimum absolute atomic E-state index is 0.0964. The minimum Gasteiger partial charge on any atom is -0.489 e. The number of nitrogens with zero attached hydrogens (tertiary/aromatic N) is 1. The van der Waals surface area contributed by atoms with Crippen molar-refractivity contribution in [3.8, 4) is 5.75 Å². The van der Waals surface area contributed by atoms with Gasteiger partial charge in [-0.25, -0.2) is 4.79 Å². The van der Waals surface area contributed by atoms with Crippen LogP contribution in [0.2, 0.25) is 0 Å². The van der Waals surface area contributed by atoms with Crippen LogP contribution in [0.15, 0.2) is 36.9 Å². The van der Waals surface area contributed by atoms with Gasteiger partial charge in [-0.3, -0.25) is 0 Å². The second kappa shape index (κ2) is 7.37. The van der Waals surface area contributed by atoms with E-state index in [1.807, 2.05) is 32.0 Å². The smallest absolute Gasteiger partial charge is 0.321 e. The molecule has 0 atom stereocenters. The number of nitrogens with one attached hydrogen (secondary N) is 1. The predicted octanol–water partition coefficient (Wildman–Crippen LogP) is 3.13. The van der Waals surface area contributed by atoms with Gasteiger partial charge in [0.2, 0.25) is 0 Å². The van der Waals surface area contributed by atoms with Gasteiger partial charge in [0, 0.05) is 24.8 Å². The summed E-state index contributed by atoms with van der Waals surface area (Å²) >= 11 is 0. The molecule has 4 heteroatoms. The second-order valence-electron chi connectivity index (χ2n) is 3.73. The number of carbonyl (C=O) groups excluding carboxylic acids is 1. The average molecular weight is 248 g/mol. The van der Waals surface area contributed by atoms with Crippen molar-refractivity contribution in [3.63, 3.8) is 0 Å². The molecule has 0 spiro atoms. The molecule has 1 N–H and O–H groups in total. The summed E-state index contributed by atoms with van der Waals surface area (Å²) < 4.78 is 5.41. The molecule has 1 aromatic carbocycles. The van der Waals surface area contributed by atoms with Crippen LogP contribution in [0.25, 0.3) is 0 Å². The molecule has 18 heavy (non-hydrogen) atoms. The minimum atomic E-state index is -0.0964. The molecule has 0 bridgehead atoms. The zero-order chi connectivity index (χ0) is 13.4. The predicted molar refractivity (Wildman–Crippen MR) is 74.1 cm³/mol. The molecule has 0 aromatic heterocycles. The summed E-state index contributed by atoms with van der Waals surface area (Å²) in [5, 5.41) is 2.84. The van der Waals surface area contributed by atoms with Crippen LogP contribution in [0.4, 0.5) is 10.5 Å². The van der Waals surface area contributed by atoms with Crippen molar-refractivity contribution in [1.82, 2.24) is 4.90 Å². The Kier molecular flexibility index (Phi) is 5.77. The zero-order valence-electron chi connectivity index (χ0n) is 11.0. The topological polar surface area (TPSA) is 41.6 Å². The van der Waals surface area contributed by atoms with Crippen molar-refractivity contribution in [1.29, 1.82) is 0 Å². The van der Waals surface area contributed by atoms with E-state index >= 15 is 0 Å². The molecule has 0 fully saturated rings. The van der Waals surface area contributed by atoms with Gasteiger partial charge >= 0.3 is 6.03 Å². The van der Waals surface area contributed by atoms with Crippen LogP contribution >= 0.6 is 0 Å². The van der Waals surface area contributed by atoms with E-state index in [4.69, 9.17) is 4.74 Å².